The van der Waals surface area contributed by atoms with Crippen LogP contribution in [0, 0.1) is 0 Å². The van der Waals surface area contributed by atoms with Gasteiger partial charge in [0.05, 0.1) is 0 Å². The van der Waals surface area contributed by atoms with Gasteiger partial charge < -0.3 is 20.5 Å². The zero-order valence-electron chi connectivity index (χ0n) is 15.9. The number of nitrogens with one attached hydrogen (secondary N) is 2. The molecule has 0 spiro atoms. The maximum atomic E-state index is 11.7. The molecule has 0 fully saturated rings. The fourth-order valence-electron chi connectivity index (χ4n) is 2.42. The summed E-state index contributed by atoms with van der Waals surface area (Å²) in [4.78, 5) is 11.7. The number of anilines is 1. The number of carbonyl (C=O) groups is 1. The van der Waals surface area contributed by atoms with Crippen molar-refractivity contribution in [2.45, 2.75) is 45.8 Å². The van der Waals surface area contributed by atoms with Gasteiger partial charge in [-0.1, -0.05) is 31.2 Å². The van der Waals surface area contributed by atoms with Crippen LogP contribution in [0.25, 0.3) is 0 Å². The zero-order valence-corrected chi connectivity index (χ0v) is 15.9. The van der Waals surface area contributed by atoms with Gasteiger partial charge in [0.15, 0.2) is 0 Å². The predicted molar refractivity (Wildman–Crippen MR) is 105 cm³/mol. The fourth-order valence-corrected chi connectivity index (χ4v) is 2.42. The molecule has 0 aliphatic heterocycles. The third-order valence-electron chi connectivity index (χ3n) is 3.86. The summed E-state index contributed by atoms with van der Waals surface area (Å²) in [6.45, 7) is 8.82. The summed E-state index contributed by atoms with van der Waals surface area (Å²) < 4.78 is 5.25. The van der Waals surface area contributed by atoms with Crippen LogP contribution >= 0.6 is 0 Å². The average molecular weight is 356 g/mol. The minimum Gasteiger partial charge on any atom is -0.508 e. The molecule has 26 heavy (non-hydrogen) atoms. The molecule has 2 rings (SSSR count). The highest BCUT2D eigenvalue weighted by molar-refractivity contribution is 5.67. The first-order valence-electron chi connectivity index (χ1n) is 8.81. The van der Waals surface area contributed by atoms with Gasteiger partial charge in [-0.3, -0.25) is 0 Å². The number of ether oxygens (including phenoxy) is 1. The highest BCUT2D eigenvalue weighted by Gasteiger charge is 2.16. The standard InChI is InChI=1S/C21H28N2O3/c1-15(13-23-20(25)26-21(2,3)4)17-7-9-18(10-8-17)22-14-16-5-11-19(24)12-6-16/h5-12,15,22,24H,13-14H2,1-4H3,(H,23,25). The monoisotopic (exact) mass is 356 g/mol. The van der Waals surface area contributed by atoms with E-state index in [9.17, 15) is 9.90 Å². The second-order valence-corrected chi connectivity index (χ2v) is 7.43. The van der Waals surface area contributed by atoms with Gasteiger partial charge in [0.1, 0.15) is 11.4 Å². The summed E-state index contributed by atoms with van der Waals surface area (Å²) in [5.74, 6) is 0.459. The van der Waals surface area contributed by atoms with E-state index >= 15 is 0 Å². The van der Waals surface area contributed by atoms with Crippen LogP contribution in [0.5, 0.6) is 5.75 Å². The van der Waals surface area contributed by atoms with E-state index in [2.05, 4.69) is 29.7 Å². The van der Waals surface area contributed by atoms with Gasteiger partial charge in [0, 0.05) is 18.8 Å². The lowest BCUT2D eigenvalue weighted by molar-refractivity contribution is 0.0525. The summed E-state index contributed by atoms with van der Waals surface area (Å²) in [5.41, 5.74) is 2.78. The minimum absolute atomic E-state index is 0.189. The van der Waals surface area contributed by atoms with Gasteiger partial charge in [-0.05, 0) is 62.1 Å². The smallest absolute Gasteiger partial charge is 0.407 e. The fraction of sp³-hybridized carbons (Fsp3) is 0.381. The summed E-state index contributed by atoms with van der Waals surface area (Å²) in [6.07, 6.45) is -0.392. The Morgan fingerprint density at radius 1 is 1.08 bits per heavy atom. The van der Waals surface area contributed by atoms with E-state index in [1.54, 1.807) is 12.1 Å². The Morgan fingerprint density at radius 2 is 1.69 bits per heavy atom. The largest absolute Gasteiger partial charge is 0.508 e. The van der Waals surface area contributed by atoms with Crippen molar-refractivity contribution in [2.75, 3.05) is 11.9 Å². The SMILES string of the molecule is CC(CNC(=O)OC(C)(C)C)c1ccc(NCc2ccc(O)cc2)cc1. The number of alkyl carbamates (subject to hydrolysis) is 1. The maximum Gasteiger partial charge on any atom is 0.407 e. The van der Waals surface area contributed by atoms with Crippen molar-refractivity contribution in [3.63, 3.8) is 0 Å². The molecule has 2 aromatic carbocycles. The molecule has 0 bridgehead atoms. The summed E-state index contributed by atoms with van der Waals surface area (Å²) >= 11 is 0. The first-order valence-corrected chi connectivity index (χ1v) is 8.81. The molecule has 5 heteroatoms. The number of rotatable bonds is 6. The van der Waals surface area contributed by atoms with Crippen LogP contribution in [0.4, 0.5) is 10.5 Å². The zero-order chi connectivity index (χ0) is 19.2. The Balaban J connectivity index is 1.82. The number of amides is 1. The molecular weight excluding hydrogens is 328 g/mol. The molecule has 0 aliphatic carbocycles. The Hall–Kier alpha value is -2.69. The topological polar surface area (TPSA) is 70.6 Å². The molecule has 1 atom stereocenters. The highest BCUT2D eigenvalue weighted by Crippen LogP contribution is 2.19. The third kappa shape index (κ3) is 6.67. The minimum atomic E-state index is -0.488. The summed E-state index contributed by atoms with van der Waals surface area (Å²) in [6, 6.07) is 15.3. The number of phenolic OH excluding ortho intramolecular Hbond substituents is 1. The Morgan fingerprint density at radius 3 is 2.27 bits per heavy atom. The number of aromatic hydroxyl groups is 1. The Bertz CT molecular complexity index is 704. The molecule has 3 N–H and O–H groups in total. The summed E-state index contributed by atoms with van der Waals surface area (Å²) in [7, 11) is 0. The van der Waals surface area contributed by atoms with Crippen molar-refractivity contribution in [3.05, 3.63) is 59.7 Å². The van der Waals surface area contributed by atoms with Crippen LogP contribution in [-0.4, -0.2) is 23.3 Å². The van der Waals surface area contributed by atoms with Crippen molar-refractivity contribution in [1.82, 2.24) is 5.32 Å². The third-order valence-corrected chi connectivity index (χ3v) is 3.86. The molecular formula is C21H28N2O3. The average Bonchev–Trinajstić information content (AvgIpc) is 2.58. The lowest BCUT2D eigenvalue weighted by Gasteiger charge is -2.21. The molecule has 0 saturated heterocycles. The Labute approximate surface area is 155 Å². The predicted octanol–water partition coefficient (Wildman–Crippen LogP) is 4.63. The van der Waals surface area contributed by atoms with Gasteiger partial charge in [0.25, 0.3) is 0 Å². The second-order valence-electron chi connectivity index (χ2n) is 7.43. The van der Waals surface area contributed by atoms with Crippen molar-refractivity contribution >= 4 is 11.8 Å². The number of benzene rings is 2. The maximum absolute atomic E-state index is 11.7. The molecule has 0 radical (unpaired) electrons. The van der Waals surface area contributed by atoms with Crippen LogP contribution in [0.2, 0.25) is 0 Å². The summed E-state index contributed by atoms with van der Waals surface area (Å²) in [5, 5.41) is 15.5. The van der Waals surface area contributed by atoms with Crippen molar-refractivity contribution in [3.8, 4) is 5.75 Å². The molecule has 0 aliphatic rings. The van der Waals surface area contributed by atoms with Crippen molar-refractivity contribution < 1.29 is 14.6 Å². The van der Waals surface area contributed by atoms with E-state index in [0.717, 1.165) is 16.8 Å². The van der Waals surface area contributed by atoms with E-state index in [4.69, 9.17) is 4.74 Å². The van der Waals surface area contributed by atoms with Crippen LogP contribution in [0.1, 0.15) is 44.7 Å². The van der Waals surface area contributed by atoms with E-state index in [0.29, 0.717) is 13.1 Å². The normalized spacial score (nSPS) is 12.3. The molecule has 0 saturated carbocycles. The van der Waals surface area contributed by atoms with Gasteiger partial charge in [-0.25, -0.2) is 4.79 Å². The van der Waals surface area contributed by atoms with E-state index in [1.807, 2.05) is 45.0 Å². The number of hydrogen-bond donors (Lipinski definition) is 3. The number of hydrogen-bond acceptors (Lipinski definition) is 4. The first-order chi connectivity index (χ1) is 12.2. The van der Waals surface area contributed by atoms with Crippen molar-refractivity contribution in [1.29, 1.82) is 0 Å². The quantitative estimate of drug-likeness (QED) is 0.705. The second kappa shape index (κ2) is 8.61. The van der Waals surface area contributed by atoms with Gasteiger partial charge in [-0.15, -0.1) is 0 Å². The first kappa shape index (κ1) is 19.6. The molecule has 5 nitrogen and oxygen atoms in total. The molecule has 2 aromatic rings. The van der Waals surface area contributed by atoms with Gasteiger partial charge in [0.2, 0.25) is 0 Å². The Kier molecular flexibility index (Phi) is 6.50. The molecule has 1 unspecified atom stereocenters. The molecule has 0 aromatic heterocycles. The van der Waals surface area contributed by atoms with Gasteiger partial charge in [-0.2, -0.15) is 0 Å². The van der Waals surface area contributed by atoms with Crippen LogP contribution in [0.15, 0.2) is 48.5 Å². The van der Waals surface area contributed by atoms with Crippen LogP contribution in [-0.2, 0) is 11.3 Å². The van der Waals surface area contributed by atoms with E-state index in [1.165, 1.54) is 0 Å². The highest BCUT2D eigenvalue weighted by atomic mass is 16.6. The van der Waals surface area contributed by atoms with Crippen LogP contribution < -0.4 is 10.6 Å². The lowest BCUT2D eigenvalue weighted by Crippen LogP contribution is -2.34. The number of phenols is 1. The molecule has 1 amide bonds. The van der Waals surface area contributed by atoms with Crippen molar-refractivity contribution in [2.24, 2.45) is 0 Å². The van der Waals surface area contributed by atoms with Crippen LogP contribution in [0.3, 0.4) is 0 Å². The number of carbonyl (C=O) groups excluding carboxylic acids is 1. The van der Waals surface area contributed by atoms with E-state index in [-0.39, 0.29) is 11.7 Å². The molecule has 140 valence electrons. The molecule has 0 heterocycles. The van der Waals surface area contributed by atoms with Gasteiger partial charge >= 0.3 is 6.09 Å². The lowest BCUT2D eigenvalue weighted by atomic mass is 10.0. The van der Waals surface area contributed by atoms with E-state index < -0.39 is 11.7 Å².